The van der Waals surface area contributed by atoms with Crippen LogP contribution in [-0.4, -0.2) is 17.8 Å². The van der Waals surface area contributed by atoms with Crippen LogP contribution >= 0.6 is 0 Å². The van der Waals surface area contributed by atoms with Crippen molar-refractivity contribution in [3.05, 3.63) is 83.4 Å². The van der Waals surface area contributed by atoms with E-state index in [9.17, 15) is 13.5 Å². The Morgan fingerprint density at radius 3 is 2.23 bits per heavy atom. The number of aliphatic hydroxyl groups excluding tert-OH is 1. The van der Waals surface area contributed by atoms with Crippen LogP contribution in [0.4, 0.5) is 0 Å². The van der Waals surface area contributed by atoms with E-state index in [0.717, 1.165) is 27.4 Å². The van der Waals surface area contributed by atoms with Crippen molar-refractivity contribution in [3.8, 4) is 0 Å². The Balaban J connectivity index is 1.86. The summed E-state index contributed by atoms with van der Waals surface area (Å²) < 4.78 is 26.8. The van der Waals surface area contributed by atoms with Crippen molar-refractivity contribution in [1.82, 2.24) is 9.03 Å². The maximum atomic E-state index is 11.8. The summed E-state index contributed by atoms with van der Waals surface area (Å²) in [4.78, 5) is 0. The molecule has 0 spiro atoms. The molecule has 0 radical (unpaired) electrons. The Bertz CT molecular complexity index is 801. The Labute approximate surface area is 129 Å². The Morgan fingerprint density at radius 1 is 0.955 bits per heavy atom. The second kappa shape index (κ2) is 5.73. The van der Waals surface area contributed by atoms with Crippen molar-refractivity contribution in [2.75, 3.05) is 0 Å². The average Bonchev–Trinajstić information content (AvgIpc) is 2.74. The molecule has 3 rings (SSSR count). The molecule has 1 heterocycles. The number of hydrogen-bond donors (Lipinski definition) is 2. The average molecular weight is 316 g/mol. The van der Waals surface area contributed by atoms with Crippen LogP contribution < -0.4 is 4.72 Å². The van der Waals surface area contributed by atoms with E-state index in [4.69, 9.17) is 0 Å². The molecule has 0 unspecified atom stereocenters. The van der Waals surface area contributed by atoms with Gasteiger partial charge in [0.05, 0.1) is 12.7 Å². The van der Waals surface area contributed by atoms with Crippen LogP contribution in [0.1, 0.15) is 16.7 Å². The van der Waals surface area contributed by atoms with Crippen LogP contribution in [0, 0.1) is 0 Å². The van der Waals surface area contributed by atoms with Crippen LogP contribution in [0.3, 0.4) is 0 Å². The third-order valence-corrected chi connectivity index (χ3v) is 4.81. The lowest BCUT2D eigenvalue weighted by Crippen LogP contribution is -2.29. The first-order chi connectivity index (χ1) is 10.5. The molecule has 2 aromatic rings. The maximum Gasteiger partial charge on any atom is 0.326 e. The Morgan fingerprint density at radius 2 is 1.59 bits per heavy atom. The lowest BCUT2D eigenvalue weighted by Gasteiger charge is -2.16. The van der Waals surface area contributed by atoms with Crippen LogP contribution in [-0.2, 0) is 23.2 Å². The predicted octanol–water partition coefficient (Wildman–Crippen LogP) is 2.28. The highest BCUT2D eigenvalue weighted by molar-refractivity contribution is 7.87. The number of nitrogens with zero attached hydrogens (tertiary/aromatic N) is 1. The molecule has 0 saturated carbocycles. The first-order valence-corrected chi connectivity index (χ1v) is 8.30. The standard InChI is InChI=1S/C16H16N2O3S/c19-16-12-18(22(20,21)17-16)11-15-9-5-4-8-14(15)10-13-6-2-1-3-7-13/h1-9,12,17,19H,10-11H2. The van der Waals surface area contributed by atoms with Gasteiger partial charge in [0.1, 0.15) is 0 Å². The summed E-state index contributed by atoms with van der Waals surface area (Å²) in [5, 5.41) is 9.35. The molecule has 0 fully saturated rings. The van der Waals surface area contributed by atoms with E-state index in [1.807, 2.05) is 59.3 Å². The summed E-state index contributed by atoms with van der Waals surface area (Å²) in [6, 6.07) is 17.7. The first-order valence-electron chi connectivity index (χ1n) is 6.86. The highest BCUT2D eigenvalue weighted by Gasteiger charge is 2.27. The lowest BCUT2D eigenvalue weighted by atomic mass is 10.00. The van der Waals surface area contributed by atoms with Crippen molar-refractivity contribution in [2.24, 2.45) is 0 Å². The van der Waals surface area contributed by atoms with Gasteiger partial charge >= 0.3 is 10.2 Å². The Kier molecular flexibility index (Phi) is 3.77. The van der Waals surface area contributed by atoms with Gasteiger partial charge in [-0.05, 0) is 23.1 Å². The summed E-state index contributed by atoms with van der Waals surface area (Å²) in [7, 11) is -3.68. The molecule has 6 heteroatoms. The first kappa shape index (κ1) is 14.5. The monoisotopic (exact) mass is 316 g/mol. The van der Waals surface area contributed by atoms with Crippen LogP contribution in [0.15, 0.2) is 66.7 Å². The van der Waals surface area contributed by atoms with E-state index >= 15 is 0 Å². The minimum atomic E-state index is -3.68. The number of hydrogen-bond acceptors (Lipinski definition) is 3. The fourth-order valence-corrected chi connectivity index (χ4v) is 3.40. The van der Waals surface area contributed by atoms with E-state index in [-0.39, 0.29) is 12.4 Å². The zero-order chi connectivity index (χ0) is 15.6. The number of nitrogens with one attached hydrogen (secondary N) is 1. The van der Waals surface area contributed by atoms with Gasteiger partial charge in [-0.3, -0.25) is 4.31 Å². The molecule has 1 aliphatic heterocycles. The zero-order valence-electron chi connectivity index (χ0n) is 11.8. The second-order valence-electron chi connectivity index (χ2n) is 5.10. The summed E-state index contributed by atoms with van der Waals surface area (Å²) in [5.41, 5.74) is 3.13. The van der Waals surface area contributed by atoms with Gasteiger partial charge in [-0.25, -0.2) is 4.72 Å². The van der Waals surface area contributed by atoms with E-state index in [0.29, 0.717) is 0 Å². The van der Waals surface area contributed by atoms with Gasteiger partial charge in [-0.15, -0.1) is 0 Å². The van der Waals surface area contributed by atoms with Crippen molar-refractivity contribution in [1.29, 1.82) is 0 Å². The largest absolute Gasteiger partial charge is 0.493 e. The van der Waals surface area contributed by atoms with Gasteiger partial charge < -0.3 is 5.11 Å². The summed E-state index contributed by atoms with van der Waals surface area (Å²) in [5.74, 6) is -0.361. The molecular weight excluding hydrogens is 300 g/mol. The molecule has 0 atom stereocenters. The van der Waals surface area contributed by atoms with Crippen LogP contribution in [0.25, 0.3) is 0 Å². The van der Waals surface area contributed by atoms with Gasteiger partial charge in [-0.1, -0.05) is 54.6 Å². The number of rotatable bonds is 4. The smallest absolute Gasteiger partial charge is 0.326 e. The SMILES string of the molecule is O=S1(=O)NC(O)=CN1Cc1ccccc1Cc1ccccc1. The fourth-order valence-electron chi connectivity index (χ4n) is 2.42. The fraction of sp³-hybridized carbons (Fsp3) is 0.125. The molecular formula is C16H16N2O3S. The predicted molar refractivity (Wildman–Crippen MR) is 84.0 cm³/mol. The molecule has 5 nitrogen and oxygen atoms in total. The molecule has 1 aliphatic rings. The van der Waals surface area contributed by atoms with E-state index in [1.54, 1.807) is 0 Å². The molecule has 0 aliphatic carbocycles. The van der Waals surface area contributed by atoms with Crippen molar-refractivity contribution in [3.63, 3.8) is 0 Å². The number of aliphatic hydroxyl groups is 1. The van der Waals surface area contributed by atoms with Gasteiger partial charge in [0.15, 0.2) is 0 Å². The van der Waals surface area contributed by atoms with Crippen molar-refractivity contribution >= 4 is 10.2 Å². The summed E-state index contributed by atoms with van der Waals surface area (Å²) in [6.07, 6.45) is 1.92. The van der Waals surface area contributed by atoms with E-state index < -0.39 is 10.2 Å². The van der Waals surface area contributed by atoms with Crippen molar-refractivity contribution < 1.29 is 13.5 Å². The quantitative estimate of drug-likeness (QED) is 0.909. The highest BCUT2D eigenvalue weighted by atomic mass is 32.2. The van der Waals surface area contributed by atoms with Crippen molar-refractivity contribution in [2.45, 2.75) is 13.0 Å². The molecule has 2 N–H and O–H groups in total. The number of benzene rings is 2. The molecule has 22 heavy (non-hydrogen) atoms. The third kappa shape index (κ3) is 3.07. The third-order valence-electron chi connectivity index (χ3n) is 3.49. The van der Waals surface area contributed by atoms with E-state index in [2.05, 4.69) is 0 Å². The van der Waals surface area contributed by atoms with E-state index in [1.165, 1.54) is 6.20 Å². The summed E-state index contributed by atoms with van der Waals surface area (Å²) in [6.45, 7) is 0.183. The molecule has 0 bridgehead atoms. The minimum Gasteiger partial charge on any atom is -0.493 e. The molecule has 0 saturated heterocycles. The second-order valence-corrected chi connectivity index (χ2v) is 6.72. The van der Waals surface area contributed by atoms with Crippen LogP contribution in [0.2, 0.25) is 0 Å². The lowest BCUT2D eigenvalue weighted by molar-refractivity contribution is 0.390. The maximum absolute atomic E-state index is 11.8. The molecule has 114 valence electrons. The van der Waals surface area contributed by atoms with Gasteiger partial charge in [-0.2, -0.15) is 8.42 Å². The van der Waals surface area contributed by atoms with Gasteiger partial charge in [0, 0.05) is 0 Å². The highest BCUT2D eigenvalue weighted by Crippen LogP contribution is 2.20. The van der Waals surface area contributed by atoms with Gasteiger partial charge in [0.25, 0.3) is 0 Å². The Hall–Kier alpha value is -2.47. The molecule has 0 aromatic heterocycles. The molecule has 2 aromatic carbocycles. The normalized spacial score (nSPS) is 16.2. The minimum absolute atomic E-state index is 0.183. The van der Waals surface area contributed by atoms with Gasteiger partial charge in [0.2, 0.25) is 5.88 Å². The van der Waals surface area contributed by atoms with Crippen LogP contribution in [0.5, 0.6) is 0 Å². The summed E-state index contributed by atoms with van der Waals surface area (Å²) >= 11 is 0. The molecule has 0 amide bonds. The topological polar surface area (TPSA) is 69.6 Å². The zero-order valence-corrected chi connectivity index (χ0v) is 12.6.